The summed E-state index contributed by atoms with van der Waals surface area (Å²) in [5.74, 6) is -0.205. The Bertz CT molecular complexity index is 634. The highest BCUT2D eigenvalue weighted by molar-refractivity contribution is 5.98. The fourth-order valence-electron chi connectivity index (χ4n) is 2.17. The lowest BCUT2D eigenvalue weighted by Crippen LogP contribution is -2.92. The molecule has 0 radical (unpaired) electrons. The van der Waals surface area contributed by atoms with Crippen LogP contribution in [-0.2, 0) is 11.3 Å². The van der Waals surface area contributed by atoms with E-state index in [-0.39, 0.29) is 12.2 Å². The van der Waals surface area contributed by atoms with Gasteiger partial charge in [-0.1, -0.05) is 0 Å². The number of furan rings is 1. The van der Waals surface area contributed by atoms with Gasteiger partial charge in [0, 0.05) is 5.56 Å². The summed E-state index contributed by atoms with van der Waals surface area (Å²) in [7, 11) is 0. The maximum atomic E-state index is 12.2. The molecule has 6 heteroatoms. The summed E-state index contributed by atoms with van der Waals surface area (Å²) in [6.45, 7) is 2.75. The molecule has 0 aliphatic heterocycles. The molecule has 0 spiro atoms. The highest BCUT2D eigenvalue weighted by Gasteiger charge is 2.20. The minimum absolute atomic E-state index is 0.142. The van der Waals surface area contributed by atoms with Gasteiger partial charge in [-0.3, -0.25) is 4.79 Å². The summed E-state index contributed by atoms with van der Waals surface area (Å²) in [6.07, 6.45) is 1.37. The molecule has 2 rings (SSSR count). The van der Waals surface area contributed by atoms with Gasteiger partial charge in [0.2, 0.25) is 0 Å². The monoisotopic (exact) mass is 317 g/mol. The molecule has 122 valence electrons. The van der Waals surface area contributed by atoms with E-state index in [1.54, 1.807) is 36.4 Å². The summed E-state index contributed by atoms with van der Waals surface area (Å²) in [4.78, 5) is 23.4. The van der Waals surface area contributed by atoms with Crippen molar-refractivity contribution in [1.82, 2.24) is 0 Å². The Morgan fingerprint density at radius 1 is 1.26 bits per heavy atom. The lowest BCUT2D eigenvalue weighted by atomic mass is 10.0. The Morgan fingerprint density at radius 3 is 2.57 bits per heavy atom. The van der Waals surface area contributed by atoms with Crippen molar-refractivity contribution in [3.05, 3.63) is 54.0 Å². The van der Waals surface area contributed by atoms with E-state index in [0.29, 0.717) is 30.2 Å². The molecule has 0 saturated carbocycles. The van der Waals surface area contributed by atoms with Crippen molar-refractivity contribution in [1.29, 1.82) is 0 Å². The molecule has 2 N–H and O–H groups in total. The second kappa shape index (κ2) is 8.14. The smallest absolute Gasteiger partial charge is 0.169 e. The Kier molecular flexibility index (Phi) is 5.94. The van der Waals surface area contributed by atoms with Gasteiger partial charge in [-0.2, -0.15) is 0 Å². The minimum atomic E-state index is -1.27. The van der Waals surface area contributed by atoms with Gasteiger partial charge in [0.05, 0.1) is 25.3 Å². The van der Waals surface area contributed by atoms with E-state index in [0.717, 1.165) is 0 Å². The molecule has 0 aliphatic carbocycles. The summed E-state index contributed by atoms with van der Waals surface area (Å²) in [6, 6.07) is 9.16. The van der Waals surface area contributed by atoms with E-state index in [4.69, 9.17) is 9.15 Å². The molecular formula is C17H19NO5. The van der Waals surface area contributed by atoms with Gasteiger partial charge >= 0.3 is 0 Å². The molecule has 0 unspecified atom stereocenters. The maximum absolute atomic E-state index is 12.2. The number of carbonyl (C=O) groups excluding carboxylic acids is 2. The number of benzene rings is 1. The quantitative estimate of drug-likeness (QED) is 0.663. The zero-order chi connectivity index (χ0) is 16.7. The molecule has 1 aromatic carbocycles. The number of rotatable bonds is 9. The zero-order valence-electron chi connectivity index (χ0n) is 12.9. The third-order valence-electron chi connectivity index (χ3n) is 3.38. The zero-order valence-corrected chi connectivity index (χ0v) is 12.9. The van der Waals surface area contributed by atoms with Crippen LogP contribution in [0.15, 0.2) is 47.1 Å². The van der Waals surface area contributed by atoms with E-state index < -0.39 is 12.0 Å². The van der Waals surface area contributed by atoms with Gasteiger partial charge in [-0.15, -0.1) is 0 Å². The van der Waals surface area contributed by atoms with E-state index in [9.17, 15) is 14.7 Å². The van der Waals surface area contributed by atoms with Gasteiger partial charge < -0.3 is 24.4 Å². The Balaban J connectivity index is 1.95. The van der Waals surface area contributed by atoms with Crippen molar-refractivity contribution in [3.63, 3.8) is 0 Å². The van der Waals surface area contributed by atoms with Gasteiger partial charge in [-0.25, -0.2) is 0 Å². The fourth-order valence-corrected chi connectivity index (χ4v) is 2.17. The molecule has 23 heavy (non-hydrogen) atoms. The molecule has 0 bridgehead atoms. The van der Waals surface area contributed by atoms with Crippen molar-refractivity contribution < 1.29 is 29.2 Å². The van der Waals surface area contributed by atoms with Crippen LogP contribution in [0.4, 0.5) is 0 Å². The number of hydrogen-bond acceptors (Lipinski definition) is 5. The van der Waals surface area contributed by atoms with Gasteiger partial charge in [-0.05, 0) is 43.3 Å². The van der Waals surface area contributed by atoms with Gasteiger partial charge in [0.15, 0.2) is 11.5 Å². The van der Waals surface area contributed by atoms with Crippen LogP contribution in [0.2, 0.25) is 0 Å². The Morgan fingerprint density at radius 2 is 2.00 bits per heavy atom. The normalized spacial score (nSPS) is 11.9. The Hall–Kier alpha value is -2.60. The lowest BCUT2D eigenvalue weighted by molar-refractivity contribution is -0.698. The molecule has 2 aromatic rings. The largest absolute Gasteiger partial charge is 0.544 e. The number of nitrogens with two attached hydrogens (primary N) is 1. The number of aliphatic carboxylic acids is 1. The van der Waals surface area contributed by atoms with E-state index in [1.165, 1.54) is 11.6 Å². The van der Waals surface area contributed by atoms with Crippen LogP contribution in [0.5, 0.6) is 5.75 Å². The minimum Gasteiger partial charge on any atom is -0.544 e. The second-order valence-corrected chi connectivity index (χ2v) is 5.03. The van der Waals surface area contributed by atoms with E-state index in [1.807, 2.05) is 6.92 Å². The van der Waals surface area contributed by atoms with Crippen LogP contribution in [-0.4, -0.2) is 24.4 Å². The molecular weight excluding hydrogens is 298 g/mol. The van der Waals surface area contributed by atoms with Crippen molar-refractivity contribution in [3.8, 4) is 5.75 Å². The third kappa shape index (κ3) is 4.96. The van der Waals surface area contributed by atoms with Crippen LogP contribution < -0.4 is 15.2 Å². The highest BCUT2D eigenvalue weighted by Crippen LogP contribution is 2.13. The van der Waals surface area contributed by atoms with Crippen LogP contribution in [0, 0.1) is 0 Å². The number of ketones is 1. The number of carboxylic acids is 1. The highest BCUT2D eigenvalue weighted by atomic mass is 16.5. The first-order valence-corrected chi connectivity index (χ1v) is 7.42. The average molecular weight is 317 g/mol. The third-order valence-corrected chi connectivity index (χ3v) is 3.38. The van der Waals surface area contributed by atoms with Crippen LogP contribution >= 0.6 is 0 Å². The topological polar surface area (TPSA) is 96.2 Å². The van der Waals surface area contributed by atoms with Crippen LogP contribution in [0.25, 0.3) is 0 Å². The van der Waals surface area contributed by atoms with Crippen molar-refractivity contribution in [2.24, 2.45) is 0 Å². The Labute approximate surface area is 134 Å². The second-order valence-electron chi connectivity index (χ2n) is 5.03. The molecule has 0 amide bonds. The molecule has 0 saturated heterocycles. The first-order valence-electron chi connectivity index (χ1n) is 7.42. The maximum Gasteiger partial charge on any atom is 0.169 e. The summed E-state index contributed by atoms with van der Waals surface area (Å²) >= 11 is 0. The van der Waals surface area contributed by atoms with E-state index in [2.05, 4.69) is 0 Å². The van der Waals surface area contributed by atoms with Crippen LogP contribution in [0.1, 0.15) is 29.5 Å². The predicted octanol–water partition coefficient (Wildman–Crippen LogP) is 0.133. The number of ether oxygens (including phenoxy) is 1. The summed E-state index contributed by atoms with van der Waals surface area (Å²) < 4.78 is 10.5. The molecule has 0 aliphatic rings. The number of Topliss-reactive ketones (excluding diaryl/α,β-unsaturated/α-hetero) is 1. The van der Waals surface area contributed by atoms with Gasteiger partial charge in [0.1, 0.15) is 18.3 Å². The SMILES string of the molecule is CCOc1ccc(C(=O)C[C@@H]([NH2+]Cc2ccco2)C(=O)[O-])cc1. The number of quaternary nitrogens is 1. The summed E-state index contributed by atoms with van der Waals surface area (Å²) in [5, 5.41) is 12.7. The van der Waals surface area contributed by atoms with Crippen molar-refractivity contribution in [2.75, 3.05) is 6.61 Å². The average Bonchev–Trinajstić information content (AvgIpc) is 3.05. The van der Waals surface area contributed by atoms with Crippen molar-refractivity contribution in [2.45, 2.75) is 25.9 Å². The predicted molar refractivity (Wildman–Crippen MR) is 79.7 cm³/mol. The first-order chi connectivity index (χ1) is 11.1. The van der Waals surface area contributed by atoms with E-state index >= 15 is 0 Å². The summed E-state index contributed by atoms with van der Waals surface area (Å²) in [5.41, 5.74) is 0.450. The van der Waals surface area contributed by atoms with Crippen LogP contribution in [0.3, 0.4) is 0 Å². The number of carbonyl (C=O) groups is 2. The number of carboxylic acid groups (broad SMARTS) is 1. The fraction of sp³-hybridized carbons (Fsp3) is 0.294. The molecule has 0 fully saturated rings. The molecule has 6 nitrogen and oxygen atoms in total. The van der Waals surface area contributed by atoms with Crippen molar-refractivity contribution >= 4 is 11.8 Å². The van der Waals surface area contributed by atoms with Gasteiger partial charge in [0.25, 0.3) is 0 Å². The molecule has 1 aromatic heterocycles. The first kappa shape index (κ1) is 16.8. The molecule has 1 heterocycles. The molecule has 1 atom stereocenters. The number of hydrogen-bond donors (Lipinski definition) is 1. The lowest BCUT2D eigenvalue weighted by Gasteiger charge is -2.15. The standard InChI is InChI=1S/C17H19NO5/c1-2-22-13-7-5-12(6-8-13)16(19)10-15(17(20)21)18-11-14-4-3-9-23-14/h3-9,15,18H,2,10-11H2,1H3,(H,20,21)/t15-/m1/s1.